The zero-order chi connectivity index (χ0) is 12.2. The molecule has 0 aromatic carbocycles. The second-order valence-electron chi connectivity index (χ2n) is 3.54. The first-order chi connectivity index (χ1) is 7.47. The molecule has 0 saturated carbocycles. The van der Waals surface area contributed by atoms with Crippen LogP contribution in [0.2, 0.25) is 0 Å². The van der Waals surface area contributed by atoms with Gasteiger partial charge in [0.05, 0.1) is 12.6 Å². The van der Waals surface area contributed by atoms with Gasteiger partial charge in [0.2, 0.25) is 12.1 Å². The third-order valence-corrected chi connectivity index (χ3v) is 1.95. The topological polar surface area (TPSA) is 109 Å². The van der Waals surface area contributed by atoms with Gasteiger partial charge in [0, 0.05) is 7.11 Å². The predicted molar refractivity (Wildman–Crippen MR) is 52.3 cm³/mol. The van der Waals surface area contributed by atoms with Crippen LogP contribution in [-0.2, 0) is 19.3 Å². The van der Waals surface area contributed by atoms with Crippen LogP contribution in [0.1, 0.15) is 13.3 Å². The summed E-state index contributed by atoms with van der Waals surface area (Å²) in [5.41, 5.74) is 1.78. The molecule has 1 aliphatic heterocycles. The first-order valence-electron chi connectivity index (χ1n) is 4.49. The summed E-state index contributed by atoms with van der Waals surface area (Å²) in [4.78, 5) is 26.6. The molecule has 0 aliphatic carbocycles. The summed E-state index contributed by atoms with van der Waals surface area (Å²) in [6.07, 6.45) is 0.0640. The average molecular weight is 231 g/mol. The normalized spacial score (nSPS) is 24.9. The minimum absolute atomic E-state index is 0.0103. The Kier molecular flexibility index (Phi) is 3.80. The van der Waals surface area contributed by atoms with E-state index in [2.05, 4.69) is 25.6 Å². The highest BCUT2D eigenvalue weighted by molar-refractivity contribution is 5.87. The van der Waals surface area contributed by atoms with Gasteiger partial charge in [0.15, 0.2) is 0 Å². The lowest BCUT2D eigenvalue weighted by atomic mass is 10.0. The van der Waals surface area contributed by atoms with Crippen molar-refractivity contribution >= 4 is 18.1 Å². The van der Waals surface area contributed by atoms with Gasteiger partial charge < -0.3 is 15.2 Å². The van der Waals surface area contributed by atoms with E-state index >= 15 is 0 Å². The smallest absolute Gasteiger partial charge is 0.354 e. The van der Waals surface area contributed by atoms with Gasteiger partial charge in [-0.3, -0.25) is 9.73 Å². The Morgan fingerprint density at radius 1 is 1.75 bits per heavy atom. The van der Waals surface area contributed by atoms with E-state index in [-0.39, 0.29) is 6.42 Å². The van der Waals surface area contributed by atoms with Crippen molar-refractivity contribution in [1.82, 2.24) is 10.8 Å². The van der Waals surface area contributed by atoms with E-state index in [1.807, 2.05) is 0 Å². The summed E-state index contributed by atoms with van der Waals surface area (Å²) >= 11 is 0. The van der Waals surface area contributed by atoms with Crippen molar-refractivity contribution in [2.24, 2.45) is 5.16 Å². The molecule has 1 rings (SSSR count). The third kappa shape index (κ3) is 3.17. The highest BCUT2D eigenvalue weighted by Gasteiger charge is 2.31. The Balaban J connectivity index is 2.46. The number of hydrogen-bond donors (Lipinski definition) is 3. The number of amides is 1. The number of carbonyl (C=O) groups excluding carboxylic acids is 1. The number of hydrogen-bond acceptors (Lipinski definition) is 6. The highest BCUT2D eigenvalue weighted by atomic mass is 16.8. The monoisotopic (exact) mass is 231 g/mol. The largest absolute Gasteiger partial charge is 0.478 e. The van der Waals surface area contributed by atoms with Crippen LogP contribution >= 0.6 is 0 Å². The highest BCUT2D eigenvalue weighted by Crippen LogP contribution is 2.11. The number of ether oxygens (including phenoxy) is 1. The molecule has 1 heterocycles. The van der Waals surface area contributed by atoms with Crippen LogP contribution in [0, 0.1) is 0 Å². The van der Waals surface area contributed by atoms with Crippen molar-refractivity contribution in [3.05, 3.63) is 0 Å². The molecule has 8 nitrogen and oxygen atoms in total. The minimum Gasteiger partial charge on any atom is -0.478 e. The number of carboxylic acids is 1. The summed E-state index contributed by atoms with van der Waals surface area (Å²) in [6, 6.07) is 0. The molecule has 90 valence electrons. The van der Waals surface area contributed by atoms with Crippen molar-refractivity contribution in [2.75, 3.05) is 7.11 Å². The summed E-state index contributed by atoms with van der Waals surface area (Å²) in [5, 5.41) is 14.3. The van der Waals surface area contributed by atoms with Crippen LogP contribution in [-0.4, -0.2) is 42.1 Å². The van der Waals surface area contributed by atoms with Crippen LogP contribution in [0.5, 0.6) is 0 Å². The Bertz CT molecular complexity index is 319. The van der Waals surface area contributed by atoms with E-state index in [9.17, 15) is 9.59 Å². The Morgan fingerprint density at radius 3 is 2.88 bits per heavy atom. The molecule has 0 radical (unpaired) electrons. The van der Waals surface area contributed by atoms with Crippen molar-refractivity contribution < 1.29 is 24.4 Å². The van der Waals surface area contributed by atoms with Crippen molar-refractivity contribution in [1.29, 1.82) is 0 Å². The van der Waals surface area contributed by atoms with Gasteiger partial charge in [0.1, 0.15) is 5.54 Å². The molecule has 16 heavy (non-hydrogen) atoms. The molecule has 0 aromatic rings. The molecule has 1 amide bonds. The molecule has 0 saturated heterocycles. The van der Waals surface area contributed by atoms with E-state index in [0.29, 0.717) is 0 Å². The van der Waals surface area contributed by atoms with Gasteiger partial charge in [-0.25, -0.2) is 4.79 Å². The second-order valence-corrected chi connectivity index (χ2v) is 3.54. The molecule has 3 N–H and O–H groups in total. The molecule has 2 unspecified atom stereocenters. The van der Waals surface area contributed by atoms with Crippen molar-refractivity contribution in [3.63, 3.8) is 0 Å². The summed E-state index contributed by atoms with van der Waals surface area (Å²) in [7, 11) is 1.19. The number of hydroxylamine groups is 1. The molecule has 8 heteroatoms. The SMILES string of the molecule is COC(NC(=O)CC1(C)C=NON1)C(=O)O. The fourth-order valence-electron chi connectivity index (χ4n) is 1.13. The molecule has 2 atom stereocenters. The van der Waals surface area contributed by atoms with Gasteiger partial charge in [-0.05, 0) is 6.92 Å². The molecular weight excluding hydrogens is 218 g/mol. The fraction of sp³-hybridized carbons (Fsp3) is 0.625. The fourth-order valence-corrected chi connectivity index (χ4v) is 1.13. The molecule has 1 aliphatic rings. The number of oxime groups is 1. The van der Waals surface area contributed by atoms with E-state index in [1.54, 1.807) is 6.92 Å². The summed E-state index contributed by atoms with van der Waals surface area (Å²) in [5.74, 6) is -1.74. The Morgan fingerprint density at radius 2 is 2.44 bits per heavy atom. The lowest BCUT2D eigenvalue weighted by molar-refractivity contribution is -0.153. The molecule has 0 fully saturated rings. The number of nitrogens with zero attached hydrogens (tertiary/aromatic N) is 1. The van der Waals surface area contributed by atoms with Crippen LogP contribution in [0.3, 0.4) is 0 Å². The van der Waals surface area contributed by atoms with Gasteiger partial charge >= 0.3 is 5.97 Å². The van der Waals surface area contributed by atoms with Crippen LogP contribution in [0.4, 0.5) is 0 Å². The zero-order valence-electron chi connectivity index (χ0n) is 8.89. The molecule has 0 aromatic heterocycles. The maximum atomic E-state index is 11.5. The lowest BCUT2D eigenvalue weighted by Gasteiger charge is -2.19. The van der Waals surface area contributed by atoms with Crippen molar-refractivity contribution in [2.45, 2.75) is 25.1 Å². The van der Waals surface area contributed by atoms with E-state index < -0.39 is 23.6 Å². The van der Waals surface area contributed by atoms with Crippen LogP contribution in [0.25, 0.3) is 0 Å². The number of carbonyl (C=O) groups is 2. The van der Waals surface area contributed by atoms with Gasteiger partial charge in [-0.15, -0.1) is 5.48 Å². The van der Waals surface area contributed by atoms with E-state index in [0.717, 1.165) is 0 Å². The number of methoxy groups -OCH3 is 1. The van der Waals surface area contributed by atoms with E-state index in [1.165, 1.54) is 13.3 Å². The second kappa shape index (κ2) is 4.90. The first-order valence-corrected chi connectivity index (χ1v) is 4.49. The number of aliphatic carboxylic acids is 1. The average Bonchev–Trinajstić information content (AvgIpc) is 2.60. The maximum Gasteiger partial charge on any atom is 0.354 e. The first kappa shape index (κ1) is 12.4. The quantitative estimate of drug-likeness (QED) is 0.514. The number of carboxylic acid groups (broad SMARTS) is 1. The van der Waals surface area contributed by atoms with Gasteiger partial charge in [0.25, 0.3) is 0 Å². The number of rotatable bonds is 5. The lowest BCUT2D eigenvalue weighted by Crippen LogP contribution is -2.48. The van der Waals surface area contributed by atoms with Crippen LogP contribution < -0.4 is 10.8 Å². The van der Waals surface area contributed by atoms with E-state index in [4.69, 9.17) is 5.11 Å². The standard InChI is InChI=1S/C8H13N3O5/c1-8(4-9-16-11-8)3-5(12)10-6(15-2)7(13)14/h4,6,11H,3H2,1-2H3,(H,10,12)(H,13,14). The third-order valence-electron chi connectivity index (χ3n) is 1.95. The molecule has 0 spiro atoms. The Labute approximate surface area is 91.5 Å². The minimum atomic E-state index is -1.35. The summed E-state index contributed by atoms with van der Waals surface area (Å²) in [6.45, 7) is 1.69. The van der Waals surface area contributed by atoms with Gasteiger partial charge in [-0.1, -0.05) is 5.16 Å². The number of nitrogens with one attached hydrogen (secondary N) is 2. The zero-order valence-corrected chi connectivity index (χ0v) is 8.89. The predicted octanol–water partition coefficient (Wildman–Crippen LogP) is -1.17. The molecular formula is C8H13N3O5. The summed E-state index contributed by atoms with van der Waals surface area (Å²) < 4.78 is 4.56. The molecule has 0 bridgehead atoms. The van der Waals surface area contributed by atoms with Crippen molar-refractivity contribution in [3.8, 4) is 0 Å². The maximum absolute atomic E-state index is 11.5. The van der Waals surface area contributed by atoms with Crippen LogP contribution in [0.15, 0.2) is 5.16 Å². The van der Waals surface area contributed by atoms with Gasteiger partial charge in [-0.2, -0.15) is 0 Å². The Hall–Kier alpha value is -1.67.